The lowest BCUT2D eigenvalue weighted by atomic mass is 9.94. The molecule has 1 aromatic rings. The van der Waals surface area contributed by atoms with E-state index in [0.29, 0.717) is 0 Å². The maximum Gasteiger partial charge on any atom is 0.225 e. The first-order valence-corrected chi connectivity index (χ1v) is 5.67. The Balaban J connectivity index is 2.75. The normalized spacial score (nSPS) is 13.2. The van der Waals surface area contributed by atoms with Crippen molar-refractivity contribution in [3.63, 3.8) is 0 Å². The van der Waals surface area contributed by atoms with Crippen LogP contribution in [-0.4, -0.2) is 10.9 Å². The van der Waals surface area contributed by atoms with E-state index in [1.807, 2.05) is 45.9 Å². The Bertz CT molecular complexity index is 341. The fraction of sp³-hybridized carbons (Fsp3) is 0.538. The van der Waals surface area contributed by atoms with Crippen LogP contribution in [0.2, 0.25) is 0 Å². The highest BCUT2D eigenvalue weighted by atomic mass is 16.2. The van der Waals surface area contributed by atoms with E-state index in [-0.39, 0.29) is 17.4 Å². The minimum Gasteiger partial charge on any atom is -0.347 e. The van der Waals surface area contributed by atoms with Gasteiger partial charge < -0.3 is 5.32 Å². The third-order valence-corrected chi connectivity index (χ3v) is 2.44. The zero-order valence-electron chi connectivity index (χ0n) is 10.4. The Kier molecular flexibility index (Phi) is 4.05. The van der Waals surface area contributed by atoms with Gasteiger partial charge in [-0.2, -0.15) is 0 Å². The molecule has 0 aliphatic carbocycles. The first-order chi connectivity index (χ1) is 7.45. The van der Waals surface area contributed by atoms with Crippen molar-refractivity contribution in [2.75, 3.05) is 0 Å². The predicted octanol–water partition coefficient (Wildman–Crippen LogP) is 2.70. The second-order valence-electron chi connectivity index (χ2n) is 4.94. The third kappa shape index (κ3) is 3.33. The molecule has 3 heteroatoms. The van der Waals surface area contributed by atoms with Gasteiger partial charge in [-0.05, 0) is 18.6 Å². The number of hydrogen-bond donors (Lipinski definition) is 1. The van der Waals surface area contributed by atoms with Gasteiger partial charge >= 0.3 is 0 Å². The number of carbonyl (C=O) groups excluding carboxylic acids is 1. The molecule has 1 heterocycles. The van der Waals surface area contributed by atoms with Crippen LogP contribution >= 0.6 is 0 Å². The zero-order chi connectivity index (χ0) is 12.2. The van der Waals surface area contributed by atoms with Crippen LogP contribution in [0.1, 0.15) is 45.9 Å². The Hall–Kier alpha value is -1.38. The quantitative estimate of drug-likeness (QED) is 0.851. The molecule has 1 unspecified atom stereocenters. The van der Waals surface area contributed by atoms with Gasteiger partial charge in [0.1, 0.15) is 0 Å². The van der Waals surface area contributed by atoms with Gasteiger partial charge in [-0.15, -0.1) is 0 Å². The first-order valence-electron chi connectivity index (χ1n) is 5.67. The van der Waals surface area contributed by atoms with Crippen LogP contribution < -0.4 is 5.32 Å². The number of amides is 1. The molecule has 0 bridgehead atoms. The van der Waals surface area contributed by atoms with Gasteiger partial charge in [0.15, 0.2) is 0 Å². The van der Waals surface area contributed by atoms with Crippen molar-refractivity contribution in [1.82, 2.24) is 10.3 Å². The van der Waals surface area contributed by atoms with Crippen LogP contribution in [0, 0.1) is 5.41 Å². The number of rotatable bonds is 3. The lowest BCUT2D eigenvalue weighted by molar-refractivity contribution is -0.129. The molecule has 0 saturated heterocycles. The van der Waals surface area contributed by atoms with E-state index in [2.05, 4.69) is 10.3 Å². The van der Waals surface area contributed by atoms with Crippen molar-refractivity contribution >= 4 is 5.91 Å². The maximum atomic E-state index is 11.9. The molecule has 1 N–H and O–H groups in total. The Morgan fingerprint density at radius 3 is 2.56 bits per heavy atom. The molecule has 0 saturated carbocycles. The number of hydrogen-bond acceptors (Lipinski definition) is 2. The van der Waals surface area contributed by atoms with E-state index in [1.54, 1.807) is 6.20 Å². The average Bonchev–Trinajstić information content (AvgIpc) is 2.25. The summed E-state index contributed by atoms with van der Waals surface area (Å²) in [5.41, 5.74) is 0.560. The molecule has 1 rings (SSSR count). The summed E-state index contributed by atoms with van der Waals surface area (Å²) in [5.74, 6) is 0.0602. The monoisotopic (exact) mass is 220 g/mol. The molecule has 0 aliphatic rings. The van der Waals surface area contributed by atoms with Crippen LogP contribution in [0.15, 0.2) is 24.4 Å². The van der Waals surface area contributed by atoms with E-state index in [4.69, 9.17) is 0 Å². The Morgan fingerprint density at radius 1 is 1.44 bits per heavy atom. The van der Waals surface area contributed by atoms with Crippen LogP contribution in [-0.2, 0) is 4.79 Å². The van der Waals surface area contributed by atoms with E-state index in [0.717, 1.165) is 12.1 Å². The number of nitrogens with zero attached hydrogens (tertiary/aromatic N) is 1. The minimum atomic E-state index is -0.359. The maximum absolute atomic E-state index is 11.9. The molecule has 1 aromatic heterocycles. The molecule has 0 aliphatic heterocycles. The van der Waals surface area contributed by atoms with E-state index in [1.165, 1.54) is 0 Å². The van der Waals surface area contributed by atoms with Crippen molar-refractivity contribution in [3.05, 3.63) is 30.1 Å². The van der Waals surface area contributed by atoms with E-state index < -0.39 is 0 Å². The second kappa shape index (κ2) is 5.10. The van der Waals surface area contributed by atoms with Crippen LogP contribution in [0.5, 0.6) is 0 Å². The molecule has 0 aromatic carbocycles. The summed E-state index contributed by atoms with van der Waals surface area (Å²) in [6.45, 7) is 7.77. The first kappa shape index (κ1) is 12.7. The molecular formula is C13H20N2O. The number of aromatic nitrogens is 1. The molecule has 3 nitrogen and oxygen atoms in total. The molecule has 0 fully saturated rings. The molecule has 0 radical (unpaired) electrons. The number of pyridine rings is 1. The lowest BCUT2D eigenvalue weighted by Gasteiger charge is -2.23. The summed E-state index contributed by atoms with van der Waals surface area (Å²) < 4.78 is 0. The molecule has 88 valence electrons. The van der Waals surface area contributed by atoms with Crippen LogP contribution in [0.25, 0.3) is 0 Å². The zero-order valence-corrected chi connectivity index (χ0v) is 10.4. The largest absolute Gasteiger partial charge is 0.347 e. The minimum absolute atomic E-state index is 0.00734. The fourth-order valence-corrected chi connectivity index (χ4v) is 1.34. The highest BCUT2D eigenvalue weighted by Crippen LogP contribution is 2.18. The summed E-state index contributed by atoms with van der Waals surface area (Å²) in [6.07, 6.45) is 2.60. The standard InChI is InChI=1S/C13H20N2O/c1-5-10(11-8-6-7-9-14-11)15-12(16)13(2,3)4/h6-10H,5H2,1-4H3,(H,15,16). The third-order valence-electron chi connectivity index (χ3n) is 2.44. The fourth-order valence-electron chi connectivity index (χ4n) is 1.34. The van der Waals surface area contributed by atoms with Gasteiger partial charge in [0.25, 0.3) is 0 Å². The lowest BCUT2D eigenvalue weighted by Crippen LogP contribution is -2.37. The van der Waals surface area contributed by atoms with Crippen LogP contribution in [0.3, 0.4) is 0 Å². The molecular weight excluding hydrogens is 200 g/mol. The van der Waals surface area contributed by atoms with Crippen molar-refractivity contribution in [3.8, 4) is 0 Å². The van der Waals surface area contributed by atoms with Gasteiger partial charge in [-0.3, -0.25) is 9.78 Å². The van der Waals surface area contributed by atoms with Gasteiger partial charge in [-0.25, -0.2) is 0 Å². The van der Waals surface area contributed by atoms with Crippen molar-refractivity contribution in [2.45, 2.75) is 40.2 Å². The van der Waals surface area contributed by atoms with Gasteiger partial charge in [-0.1, -0.05) is 33.8 Å². The SMILES string of the molecule is CCC(NC(=O)C(C)(C)C)c1ccccn1. The van der Waals surface area contributed by atoms with Gasteiger partial charge in [0.05, 0.1) is 11.7 Å². The summed E-state index contributed by atoms with van der Waals surface area (Å²) in [4.78, 5) is 16.1. The smallest absolute Gasteiger partial charge is 0.225 e. The Labute approximate surface area is 97.3 Å². The average molecular weight is 220 g/mol. The number of carbonyl (C=O) groups is 1. The van der Waals surface area contributed by atoms with Crippen molar-refractivity contribution < 1.29 is 4.79 Å². The topological polar surface area (TPSA) is 42.0 Å². The Morgan fingerprint density at radius 2 is 2.12 bits per heavy atom. The number of nitrogens with one attached hydrogen (secondary N) is 1. The van der Waals surface area contributed by atoms with E-state index in [9.17, 15) is 4.79 Å². The molecule has 1 atom stereocenters. The highest BCUT2D eigenvalue weighted by Gasteiger charge is 2.24. The van der Waals surface area contributed by atoms with Crippen molar-refractivity contribution in [2.24, 2.45) is 5.41 Å². The van der Waals surface area contributed by atoms with Gasteiger partial charge in [0.2, 0.25) is 5.91 Å². The highest BCUT2D eigenvalue weighted by molar-refractivity contribution is 5.81. The van der Waals surface area contributed by atoms with Crippen molar-refractivity contribution in [1.29, 1.82) is 0 Å². The molecule has 1 amide bonds. The second-order valence-corrected chi connectivity index (χ2v) is 4.94. The van der Waals surface area contributed by atoms with Crippen LogP contribution in [0.4, 0.5) is 0 Å². The summed E-state index contributed by atoms with van der Waals surface area (Å²) >= 11 is 0. The summed E-state index contributed by atoms with van der Waals surface area (Å²) in [7, 11) is 0. The van der Waals surface area contributed by atoms with Gasteiger partial charge in [0, 0.05) is 11.6 Å². The summed E-state index contributed by atoms with van der Waals surface area (Å²) in [5, 5.41) is 3.02. The molecule has 0 spiro atoms. The van der Waals surface area contributed by atoms with E-state index >= 15 is 0 Å². The predicted molar refractivity (Wildman–Crippen MR) is 64.9 cm³/mol. The molecule has 16 heavy (non-hydrogen) atoms. The summed E-state index contributed by atoms with van der Waals surface area (Å²) in [6, 6.07) is 5.76.